The van der Waals surface area contributed by atoms with Crippen molar-refractivity contribution in [2.24, 2.45) is 10.7 Å². The van der Waals surface area contributed by atoms with Crippen LogP contribution < -0.4 is 5.73 Å². The highest BCUT2D eigenvalue weighted by molar-refractivity contribution is 7.17. The van der Waals surface area contributed by atoms with E-state index >= 15 is 0 Å². The van der Waals surface area contributed by atoms with E-state index in [-0.39, 0.29) is 6.04 Å². The lowest BCUT2D eigenvalue weighted by Gasteiger charge is -2.28. The average Bonchev–Trinajstić information content (AvgIpc) is 2.11. The Morgan fingerprint density at radius 2 is 2.31 bits per heavy atom. The molecule has 72 valence electrons. The van der Waals surface area contributed by atoms with Crippen LogP contribution in [0.5, 0.6) is 0 Å². The Bertz CT molecular complexity index is 256. The molecule has 0 aromatic rings. The van der Waals surface area contributed by atoms with Crippen LogP contribution in [0, 0.1) is 0 Å². The van der Waals surface area contributed by atoms with Gasteiger partial charge in [-0.2, -0.15) is 0 Å². The second kappa shape index (κ2) is 4.69. The van der Waals surface area contributed by atoms with Gasteiger partial charge < -0.3 is 5.73 Å². The van der Waals surface area contributed by atoms with Crippen LogP contribution in [0.4, 0.5) is 0 Å². The third kappa shape index (κ3) is 2.49. The Morgan fingerprint density at radius 3 is 2.85 bits per heavy atom. The van der Waals surface area contributed by atoms with Gasteiger partial charge in [-0.05, 0) is 17.7 Å². The van der Waals surface area contributed by atoms with Crippen LogP contribution in [-0.2, 0) is 0 Å². The monoisotopic (exact) mass is 196 g/mol. The van der Waals surface area contributed by atoms with Gasteiger partial charge in [0.25, 0.3) is 0 Å². The molecule has 0 amide bonds. The van der Waals surface area contributed by atoms with E-state index in [1.165, 1.54) is 5.57 Å². The Balaban J connectivity index is 2.85. The third-order valence-electron chi connectivity index (χ3n) is 2.39. The van der Waals surface area contributed by atoms with Gasteiger partial charge in [-0.25, -0.2) is 0 Å². The molecule has 1 aliphatic rings. The summed E-state index contributed by atoms with van der Waals surface area (Å²) in [7, 11) is 4.62. The maximum Gasteiger partial charge on any atom is 0.0392 e. The van der Waals surface area contributed by atoms with E-state index in [9.17, 15) is 0 Å². The highest BCUT2D eigenvalue weighted by atomic mass is 31.0. The maximum atomic E-state index is 5.95. The molecule has 1 aliphatic carbocycles. The van der Waals surface area contributed by atoms with Gasteiger partial charge >= 0.3 is 0 Å². The van der Waals surface area contributed by atoms with Crippen LogP contribution in [0.15, 0.2) is 29.3 Å². The molecule has 0 radical (unpaired) electrons. The van der Waals surface area contributed by atoms with Crippen molar-refractivity contribution >= 4 is 15.0 Å². The molecule has 0 aliphatic heterocycles. The van der Waals surface area contributed by atoms with Crippen molar-refractivity contribution in [2.75, 3.05) is 7.05 Å². The molecule has 1 saturated carbocycles. The van der Waals surface area contributed by atoms with Gasteiger partial charge in [0.1, 0.15) is 0 Å². The highest BCUT2D eigenvalue weighted by Gasteiger charge is 2.24. The molecule has 0 aromatic heterocycles. The van der Waals surface area contributed by atoms with Crippen LogP contribution >= 0.6 is 9.24 Å². The van der Waals surface area contributed by atoms with Crippen LogP contribution in [0.3, 0.4) is 0 Å². The second-order valence-corrected chi connectivity index (χ2v) is 4.19. The fraction of sp³-hybridized carbons (Fsp3) is 0.500. The van der Waals surface area contributed by atoms with Crippen LogP contribution in [-0.4, -0.2) is 24.5 Å². The van der Waals surface area contributed by atoms with Gasteiger partial charge in [-0.3, -0.25) is 4.99 Å². The number of rotatable bonds is 1. The molecule has 3 unspecified atom stereocenters. The molecule has 3 atom stereocenters. The van der Waals surface area contributed by atoms with E-state index in [0.717, 1.165) is 18.6 Å². The zero-order valence-corrected chi connectivity index (χ0v) is 9.19. The highest BCUT2D eigenvalue weighted by Crippen LogP contribution is 2.26. The minimum absolute atomic E-state index is 0.227. The van der Waals surface area contributed by atoms with E-state index in [4.69, 9.17) is 5.73 Å². The molecular weight excluding hydrogens is 179 g/mol. The molecule has 3 heteroatoms. The maximum absolute atomic E-state index is 5.95. The number of allylic oxidation sites excluding steroid dienone is 3. The number of nitrogens with zero attached hydrogens (tertiary/aromatic N) is 1. The normalized spacial score (nSPS) is 35.3. The largest absolute Gasteiger partial charge is 0.327 e. The predicted octanol–water partition coefficient (Wildman–Crippen LogP) is 1.53. The molecule has 0 aromatic carbocycles. The lowest BCUT2D eigenvalue weighted by atomic mass is 9.88. The van der Waals surface area contributed by atoms with Gasteiger partial charge in [-0.15, -0.1) is 9.24 Å². The number of hydrogen-bond donors (Lipinski definition) is 1. The van der Waals surface area contributed by atoms with Gasteiger partial charge in [0.2, 0.25) is 0 Å². The summed E-state index contributed by atoms with van der Waals surface area (Å²) >= 11 is 0. The summed E-state index contributed by atoms with van der Waals surface area (Å²) in [6.07, 6.45) is 5.72. The van der Waals surface area contributed by atoms with Crippen molar-refractivity contribution in [3.63, 3.8) is 0 Å². The van der Waals surface area contributed by atoms with Gasteiger partial charge in [-0.1, -0.05) is 18.7 Å². The van der Waals surface area contributed by atoms with E-state index in [0.29, 0.717) is 5.66 Å². The number of aliphatic imine (C=N–C) groups is 1. The van der Waals surface area contributed by atoms with E-state index in [2.05, 4.69) is 20.8 Å². The number of hydrogen-bond acceptors (Lipinski definition) is 2. The first-order valence-corrected chi connectivity index (χ1v) is 5.14. The zero-order valence-electron chi connectivity index (χ0n) is 8.03. The number of nitrogens with two attached hydrogens (primary N) is 1. The molecule has 13 heavy (non-hydrogen) atoms. The first-order chi connectivity index (χ1) is 6.19. The van der Waals surface area contributed by atoms with Crippen LogP contribution in [0.25, 0.3) is 0 Å². The SMILES string of the molecule is C=C/C=C1/CC(P)C(N)CC1=NC. The quantitative estimate of drug-likeness (QED) is 0.635. The topological polar surface area (TPSA) is 38.4 Å². The summed E-state index contributed by atoms with van der Waals surface area (Å²) in [5, 5.41) is 0. The van der Waals surface area contributed by atoms with E-state index < -0.39 is 0 Å². The summed E-state index contributed by atoms with van der Waals surface area (Å²) in [5.41, 5.74) is 8.82. The molecule has 0 bridgehead atoms. The molecule has 1 rings (SSSR count). The van der Waals surface area contributed by atoms with Gasteiger partial charge in [0, 0.05) is 25.2 Å². The van der Waals surface area contributed by atoms with Crippen LogP contribution in [0.2, 0.25) is 0 Å². The fourth-order valence-electron chi connectivity index (χ4n) is 1.57. The Morgan fingerprint density at radius 1 is 1.62 bits per heavy atom. The predicted molar refractivity (Wildman–Crippen MR) is 62.3 cm³/mol. The first-order valence-electron chi connectivity index (χ1n) is 4.47. The molecular formula is C10H17N2P. The molecule has 1 fully saturated rings. The van der Waals surface area contributed by atoms with Crippen molar-refractivity contribution in [3.05, 3.63) is 24.3 Å². The fourth-order valence-corrected chi connectivity index (χ4v) is 1.96. The molecule has 2 nitrogen and oxygen atoms in total. The Labute approximate surface area is 82.2 Å². The smallest absolute Gasteiger partial charge is 0.0392 e. The minimum atomic E-state index is 0.227. The first kappa shape index (κ1) is 10.6. The van der Waals surface area contributed by atoms with E-state index in [1.807, 2.05) is 19.2 Å². The lowest BCUT2D eigenvalue weighted by Crippen LogP contribution is -2.38. The molecule has 2 N–H and O–H groups in total. The minimum Gasteiger partial charge on any atom is -0.327 e. The second-order valence-electron chi connectivity index (χ2n) is 3.33. The summed E-state index contributed by atoms with van der Waals surface area (Å²) in [6.45, 7) is 3.70. The summed E-state index contributed by atoms with van der Waals surface area (Å²) in [6, 6.07) is 0.227. The Hall–Kier alpha value is -0.460. The summed E-state index contributed by atoms with van der Waals surface area (Å²) < 4.78 is 0. The van der Waals surface area contributed by atoms with Crippen molar-refractivity contribution in [1.82, 2.24) is 0 Å². The average molecular weight is 196 g/mol. The molecule has 0 saturated heterocycles. The van der Waals surface area contributed by atoms with Crippen LogP contribution in [0.1, 0.15) is 12.8 Å². The lowest BCUT2D eigenvalue weighted by molar-refractivity contribution is 0.628. The Kier molecular flexibility index (Phi) is 3.83. The summed E-state index contributed by atoms with van der Waals surface area (Å²) in [5.74, 6) is 0. The zero-order chi connectivity index (χ0) is 9.84. The van der Waals surface area contributed by atoms with Crippen molar-refractivity contribution < 1.29 is 0 Å². The van der Waals surface area contributed by atoms with Gasteiger partial charge in [0.15, 0.2) is 0 Å². The standard InChI is InChI=1S/C10H17N2P/c1-3-4-7-5-10(13)8(11)6-9(7)12-2/h3-4,8,10H,1,5-6,11,13H2,2H3/b7-4-,12-9?. The van der Waals surface area contributed by atoms with Gasteiger partial charge in [0.05, 0.1) is 0 Å². The van der Waals surface area contributed by atoms with Crippen molar-refractivity contribution in [3.8, 4) is 0 Å². The summed E-state index contributed by atoms with van der Waals surface area (Å²) in [4.78, 5) is 4.24. The van der Waals surface area contributed by atoms with E-state index in [1.54, 1.807) is 0 Å². The van der Waals surface area contributed by atoms with Crippen molar-refractivity contribution in [1.29, 1.82) is 0 Å². The molecule has 0 heterocycles. The molecule has 0 spiro atoms. The van der Waals surface area contributed by atoms with Crippen molar-refractivity contribution in [2.45, 2.75) is 24.5 Å². The third-order valence-corrected chi connectivity index (χ3v) is 3.12.